The molecule has 0 aliphatic heterocycles. The molecule has 0 radical (unpaired) electrons. The number of allylic oxidation sites excluding steroid dienone is 1. The van der Waals surface area contributed by atoms with Crippen LogP contribution in [0.25, 0.3) is 128 Å². The second kappa shape index (κ2) is 13.7. The van der Waals surface area contributed by atoms with Crippen LogP contribution in [0.2, 0.25) is 0 Å². The number of nitrogens with zero attached hydrogens (tertiary/aromatic N) is 3. The fraction of sp³-hybridized carbons (Fsp3) is 0.0351. The molecule has 0 saturated carbocycles. The van der Waals surface area contributed by atoms with Gasteiger partial charge in [-0.25, -0.2) is 15.0 Å². The van der Waals surface area contributed by atoms with Crippen molar-refractivity contribution in [3.8, 4) is 56.4 Å². The Hall–Kier alpha value is -8.15. The van der Waals surface area contributed by atoms with E-state index in [2.05, 4.69) is 152 Å². The molecule has 1 aliphatic carbocycles. The summed E-state index contributed by atoms with van der Waals surface area (Å²) in [6.07, 6.45) is 6.25. The second-order valence-corrected chi connectivity index (χ2v) is 16.2. The van der Waals surface area contributed by atoms with Crippen LogP contribution in [0.3, 0.4) is 0 Å². The lowest BCUT2D eigenvalue weighted by atomic mass is 9.91. The summed E-state index contributed by atoms with van der Waals surface area (Å²) in [4.78, 5) is 15.1. The first-order valence-corrected chi connectivity index (χ1v) is 21.1. The molecule has 9 aromatic carbocycles. The summed E-state index contributed by atoms with van der Waals surface area (Å²) in [5.41, 5.74) is 11.0. The normalized spacial score (nSPS) is 12.6. The van der Waals surface area contributed by atoms with Crippen LogP contribution in [0.1, 0.15) is 17.7 Å². The van der Waals surface area contributed by atoms with Gasteiger partial charge in [-0.2, -0.15) is 0 Å². The Morgan fingerprint density at radius 2 is 0.823 bits per heavy atom. The molecule has 0 amide bonds. The molecule has 0 atom stereocenters. The Morgan fingerprint density at radius 1 is 0.323 bits per heavy atom. The number of fused-ring (bicyclic) bond motifs is 12. The smallest absolute Gasteiger partial charge is 0.164 e. The quantitative estimate of drug-likeness (QED) is 0.162. The zero-order chi connectivity index (χ0) is 40.7. The van der Waals surface area contributed by atoms with Crippen molar-refractivity contribution in [3.05, 3.63) is 193 Å². The van der Waals surface area contributed by atoms with E-state index in [0.717, 1.165) is 79.3 Å². The molecular formula is C57H35N3O2. The highest BCUT2D eigenvalue weighted by Gasteiger charge is 2.19. The van der Waals surface area contributed by atoms with E-state index in [1.54, 1.807) is 0 Å². The van der Waals surface area contributed by atoms with Crippen LogP contribution in [-0.2, 0) is 6.42 Å². The number of benzene rings is 9. The molecule has 0 bridgehead atoms. The lowest BCUT2D eigenvalue weighted by Gasteiger charge is -2.12. The van der Waals surface area contributed by atoms with Gasteiger partial charge in [0.15, 0.2) is 17.5 Å². The molecule has 62 heavy (non-hydrogen) atoms. The highest BCUT2D eigenvalue weighted by atomic mass is 16.3. The van der Waals surface area contributed by atoms with Crippen LogP contribution < -0.4 is 0 Å². The van der Waals surface area contributed by atoms with E-state index in [9.17, 15) is 0 Å². The fourth-order valence-electron chi connectivity index (χ4n) is 9.53. The maximum absolute atomic E-state index is 6.53. The van der Waals surface area contributed by atoms with E-state index >= 15 is 0 Å². The largest absolute Gasteiger partial charge is 0.456 e. The van der Waals surface area contributed by atoms with Gasteiger partial charge in [-0.15, -0.1) is 0 Å². The van der Waals surface area contributed by atoms with E-state index in [1.807, 2.05) is 36.4 Å². The van der Waals surface area contributed by atoms with Gasteiger partial charge in [0, 0.05) is 38.4 Å². The molecule has 3 aromatic heterocycles. The predicted molar refractivity (Wildman–Crippen MR) is 254 cm³/mol. The van der Waals surface area contributed by atoms with Gasteiger partial charge in [0.1, 0.15) is 22.5 Å². The number of aromatic nitrogens is 3. The Morgan fingerprint density at radius 3 is 1.52 bits per heavy atom. The summed E-state index contributed by atoms with van der Waals surface area (Å²) in [6, 6.07) is 62.3. The van der Waals surface area contributed by atoms with Crippen molar-refractivity contribution in [3.63, 3.8) is 0 Å². The first-order valence-electron chi connectivity index (χ1n) is 21.1. The molecule has 1 aliphatic rings. The average Bonchev–Trinajstić information content (AvgIpc) is 3.91. The molecular weight excluding hydrogens is 759 g/mol. The molecule has 0 saturated heterocycles. The molecule has 5 nitrogen and oxygen atoms in total. The minimum Gasteiger partial charge on any atom is -0.456 e. The zero-order valence-corrected chi connectivity index (χ0v) is 33.5. The minimum absolute atomic E-state index is 0.574. The van der Waals surface area contributed by atoms with Crippen LogP contribution in [-0.4, -0.2) is 15.0 Å². The van der Waals surface area contributed by atoms with E-state index in [4.69, 9.17) is 23.8 Å². The van der Waals surface area contributed by atoms with Crippen molar-refractivity contribution in [1.29, 1.82) is 0 Å². The second-order valence-electron chi connectivity index (χ2n) is 16.2. The van der Waals surface area contributed by atoms with E-state index in [-0.39, 0.29) is 0 Å². The van der Waals surface area contributed by atoms with Crippen LogP contribution in [0.5, 0.6) is 0 Å². The highest BCUT2D eigenvalue weighted by molar-refractivity contribution is 6.25. The third-order valence-electron chi connectivity index (χ3n) is 12.6. The zero-order valence-electron chi connectivity index (χ0n) is 33.5. The van der Waals surface area contributed by atoms with Crippen molar-refractivity contribution in [1.82, 2.24) is 15.0 Å². The fourth-order valence-corrected chi connectivity index (χ4v) is 9.53. The Bertz CT molecular complexity index is 3780. The topological polar surface area (TPSA) is 65.0 Å². The van der Waals surface area contributed by atoms with Crippen LogP contribution in [0.4, 0.5) is 0 Å². The molecule has 12 aromatic rings. The van der Waals surface area contributed by atoms with Gasteiger partial charge in [-0.3, -0.25) is 0 Å². The molecule has 5 heteroatoms. The summed E-state index contributed by atoms with van der Waals surface area (Å²) in [5, 5.41) is 10.9. The van der Waals surface area contributed by atoms with Crippen LogP contribution >= 0.6 is 0 Å². The number of hydrogen-bond acceptors (Lipinski definition) is 5. The lowest BCUT2D eigenvalue weighted by Crippen LogP contribution is -2.00. The molecule has 0 spiro atoms. The highest BCUT2D eigenvalue weighted by Crippen LogP contribution is 2.40. The molecule has 0 N–H and O–H groups in total. The summed E-state index contributed by atoms with van der Waals surface area (Å²) >= 11 is 0. The number of rotatable bonds is 5. The first kappa shape index (κ1) is 34.7. The monoisotopic (exact) mass is 793 g/mol. The SMILES string of the molecule is C1=Cc2oc3cc(-c4nc(-c5ccccc5)nc(-c5ccc6c(c5)oc5ccc(-c7cccc(-c8ccc9c%10ccccc%10c%10ccccc%10c9c8)c7)cc56)n4)ccc3c2CC1. The maximum Gasteiger partial charge on any atom is 0.164 e. The van der Waals surface area contributed by atoms with Crippen molar-refractivity contribution >= 4 is 71.3 Å². The Kier molecular flexibility index (Phi) is 7.66. The van der Waals surface area contributed by atoms with Crippen molar-refractivity contribution < 1.29 is 8.83 Å². The van der Waals surface area contributed by atoms with Crippen LogP contribution in [0, 0.1) is 0 Å². The van der Waals surface area contributed by atoms with Crippen molar-refractivity contribution in [2.75, 3.05) is 0 Å². The molecule has 3 heterocycles. The maximum atomic E-state index is 6.53. The number of hydrogen-bond donors (Lipinski definition) is 0. The number of aryl methyl sites for hydroxylation is 1. The van der Waals surface area contributed by atoms with Gasteiger partial charge < -0.3 is 8.83 Å². The number of furan rings is 2. The van der Waals surface area contributed by atoms with Crippen molar-refractivity contribution in [2.24, 2.45) is 0 Å². The predicted octanol–water partition coefficient (Wildman–Crippen LogP) is 15.3. The summed E-state index contributed by atoms with van der Waals surface area (Å²) in [6.45, 7) is 0. The summed E-state index contributed by atoms with van der Waals surface area (Å²) in [5.74, 6) is 2.70. The van der Waals surface area contributed by atoms with Gasteiger partial charge in [0.05, 0.1) is 0 Å². The van der Waals surface area contributed by atoms with Gasteiger partial charge >= 0.3 is 0 Å². The molecule has 290 valence electrons. The van der Waals surface area contributed by atoms with Gasteiger partial charge in [-0.1, -0.05) is 140 Å². The standard InChI is InChI=1S/C57H35N3O2/c1-2-11-34(12-3-1)55-58-56(39-22-26-47-46-19-8-9-20-51(46)61-53(47)32-39)60-57(59-55)40-23-27-48-50-31-38(24-28-52(50)62-54(48)33-40)36-14-10-13-35(29-36)37-21-25-45-43-17-5-4-15-41(43)42-16-6-7-18-44(42)49(45)30-37/h1-7,9-18,20-33H,8,19H2. The van der Waals surface area contributed by atoms with Gasteiger partial charge in [-0.05, 0) is 116 Å². The third kappa shape index (κ3) is 5.59. The third-order valence-corrected chi connectivity index (χ3v) is 12.6. The van der Waals surface area contributed by atoms with Gasteiger partial charge in [0.2, 0.25) is 0 Å². The molecule has 0 fully saturated rings. The van der Waals surface area contributed by atoms with E-state index in [1.165, 1.54) is 49.0 Å². The molecule has 0 unspecified atom stereocenters. The van der Waals surface area contributed by atoms with E-state index in [0.29, 0.717) is 17.5 Å². The van der Waals surface area contributed by atoms with Crippen molar-refractivity contribution in [2.45, 2.75) is 12.8 Å². The molecule has 13 rings (SSSR count). The lowest BCUT2D eigenvalue weighted by molar-refractivity contribution is 0.595. The summed E-state index contributed by atoms with van der Waals surface area (Å²) in [7, 11) is 0. The van der Waals surface area contributed by atoms with E-state index < -0.39 is 0 Å². The first-order chi connectivity index (χ1) is 30.7. The van der Waals surface area contributed by atoms with Gasteiger partial charge in [0.25, 0.3) is 0 Å². The Labute approximate surface area is 356 Å². The van der Waals surface area contributed by atoms with Crippen LogP contribution in [0.15, 0.2) is 191 Å². The minimum atomic E-state index is 0.574. The summed E-state index contributed by atoms with van der Waals surface area (Å²) < 4.78 is 12.8. The average molecular weight is 794 g/mol. The Balaban J connectivity index is 0.877.